The zero-order valence-electron chi connectivity index (χ0n) is 11.3. The van der Waals surface area contributed by atoms with Crippen LogP contribution in [0.4, 0.5) is 0 Å². The second kappa shape index (κ2) is 6.08. The van der Waals surface area contributed by atoms with Crippen LogP contribution >= 0.6 is 11.3 Å². The molecule has 0 radical (unpaired) electrons. The van der Waals surface area contributed by atoms with Crippen LogP contribution in [0.1, 0.15) is 30.3 Å². The molecule has 1 aromatic rings. The van der Waals surface area contributed by atoms with Crippen LogP contribution in [0.2, 0.25) is 0 Å². The van der Waals surface area contributed by atoms with Crippen molar-refractivity contribution >= 4 is 33.2 Å². The number of nitrogens with one attached hydrogen (secondary N) is 1. The lowest BCUT2D eigenvalue weighted by Crippen LogP contribution is -2.45. The Balaban J connectivity index is 2.07. The molecule has 116 valence electrons. The molecule has 0 saturated carbocycles. The SMILES string of the molecule is CC(=O)N1CCC(NS(=O)(=O)c2scnc2C(=O)O)CC1. The van der Waals surface area contributed by atoms with Gasteiger partial charge in [-0.2, -0.15) is 0 Å². The first-order chi connectivity index (χ1) is 9.81. The van der Waals surface area contributed by atoms with Gasteiger partial charge in [-0.1, -0.05) is 0 Å². The molecule has 0 atom stereocenters. The number of aromatic carboxylic acids is 1. The van der Waals surface area contributed by atoms with Crippen molar-refractivity contribution in [3.05, 3.63) is 11.2 Å². The average Bonchev–Trinajstić information content (AvgIpc) is 2.89. The number of carbonyl (C=O) groups is 2. The molecule has 1 fully saturated rings. The van der Waals surface area contributed by atoms with Crippen LogP contribution in [-0.4, -0.2) is 54.4 Å². The van der Waals surface area contributed by atoms with Gasteiger partial charge in [-0.15, -0.1) is 11.3 Å². The van der Waals surface area contributed by atoms with Gasteiger partial charge in [0.15, 0.2) is 9.90 Å². The van der Waals surface area contributed by atoms with Gasteiger partial charge >= 0.3 is 5.97 Å². The lowest BCUT2D eigenvalue weighted by atomic mass is 10.1. The van der Waals surface area contributed by atoms with Gasteiger partial charge in [0.1, 0.15) is 0 Å². The number of carbonyl (C=O) groups excluding carboxylic acids is 1. The second-order valence-corrected chi connectivity index (χ2v) is 7.46. The Morgan fingerprint density at radius 1 is 1.43 bits per heavy atom. The van der Waals surface area contributed by atoms with E-state index in [9.17, 15) is 18.0 Å². The summed E-state index contributed by atoms with van der Waals surface area (Å²) in [6.45, 7) is 2.44. The maximum absolute atomic E-state index is 12.2. The topological polar surface area (TPSA) is 117 Å². The Hall–Kier alpha value is -1.52. The van der Waals surface area contributed by atoms with Gasteiger partial charge in [0.25, 0.3) is 10.0 Å². The first-order valence-electron chi connectivity index (χ1n) is 6.26. The molecule has 1 aliphatic heterocycles. The van der Waals surface area contributed by atoms with E-state index in [1.807, 2.05) is 0 Å². The van der Waals surface area contributed by atoms with Crippen molar-refractivity contribution in [1.29, 1.82) is 0 Å². The fourth-order valence-electron chi connectivity index (χ4n) is 2.15. The number of hydrogen-bond acceptors (Lipinski definition) is 6. The minimum atomic E-state index is -3.91. The van der Waals surface area contributed by atoms with Crippen molar-refractivity contribution in [3.63, 3.8) is 0 Å². The van der Waals surface area contributed by atoms with E-state index in [-0.39, 0.29) is 16.2 Å². The number of aromatic nitrogens is 1. The molecule has 2 N–H and O–H groups in total. The van der Waals surface area contributed by atoms with Gasteiger partial charge in [-0.3, -0.25) is 4.79 Å². The standard InChI is InChI=1S/C11H15N3O5S2/c1-7(15)14-4-2-8(3-5-14)13-21(18,19)11-9(10(16)17)12-6-20-11/h6,8,13H,2-5H2,1H3,(H,16,17). The zero-order valence-corrected chi connectivity index (χ0v) is 12.9. The Bertz CT molecular complexity index is 647. The predicted molar refractivity (Wildman–Crippen MR) is 74.7 cm³/mol. The normalized spacial score (nSPS) is 16.9. The summed E-state index contributed by atoms with van der Waals surface area (Å²) in [6, 6.07) is -0.311. The van der Waals surface area contributed by atoms with Crippen molar-refractivity contribution in [2.24, 2.45) is 0 Å². The molecule has 2 rings (SSSR count). The summed E-state index contributed by atoms with van der Waals surface area (Å²) in [5.74, 6) is -1.41. The number of carboxylic acid groups (broad SMARTS) is 1. The van der Waals surface area contributed by atoms with Crippen LogP contribution in [0.15, 0.2) is 9.72 Å². The molecule has 0 aromatic carbocycles. The first kappa shape index (κ1) is 15.9. The van der Waals surface area contributed by atoms with E-state index < -0.39 is 21.7 Å². The monoisotopic (exact) mass is 333 g/mol. The quantitative estimate of drug-likeness (QED) is 0.809. The molecule has 21 heavy (non-hydrogen) atoms. The van der Waals surface area contributed by atoms with Gasteiger partial charge in [0.2, 0.25) is 5.91 Å². The first-order valence-corrected chi connectivity index (χ1v) is 8.62. The van der Waals surface area contributed by atoms with Crippen molar-refractivity contribution < 1.29 is 23.1 Å². The van der Waals surface area contributed by atoms with E-state index in [4.69, 9.17) is 5.11 Å². The van der Waals surface area contributed by atoms with Gasteiger partial charge < -0.3 is 10.0 Å². The number of carboxylic acids is 1. The summed E-state index contributed by atoms with van der Waals surface area (Å²) in [5, 5.41) is 8.93. The summed E-state index contributed by atoms with van der Waals surface area (Å²) in [7, 11) is -3.91. The molecule has 1 aromatic heterocycles. The van der Waals surface area contributed by atoms with Crippen molar-refractivity contribution in [1.82, 2.24) is 14.6 Å². The van der Waals surface area contributed by atoms with Crippen LogP contribution < -0.4 is 4.72 Å². The maximum atomic E-state index is 12.2. The second-order valence-electron chi connectivity index (χ2n) is 4.70. The summed E-state index contributed by atoms with van der Waals surface area (Å²) in [6.07, 6.45) is 1.00. The van der Waals surface area contributed by atoms with Gasteiger partial charge in [0.05, 0.1) is 5.51 Å². The number of amides is 1. The lowest BCUT2D eigenvalue weighted by Gasteiger charge is -2.31. The molecule has 1 saturated heterocycles. The van der Waals surface area contributed by atoms with E-state index in [1.165, 1.54) is 12.4 Å². The average molecular weight is 333 g/mol. The van der Waals surface area contributed by atoms with E-state index >= 15 is 0 Å². The minimum absolute atomic E-state index is 0.0353. The molecule has 1 amide bonds. The lowest BCUT2D eigenvalue weighted by molar-refractivity contribution is -0.129. The van der Waals surface area contributed by atoms with Gasteiger partial charge in [-0.05, 0) is 12.8 Å². The Kier molecular flexibility index (Phi) is 4.59. The van der Waals surface area contributed by atoms with E-state index in [1.54, 1.807) is 4.90 Å². The van der Waals surface area contributed by atoms with Crippen molar-refractivity contribution in [2.75, 3.05) is 13.1 Å². The van der Waals surface area contributed by atoms with Crippen LogP contribution in [0.25, 0.3) is 0 Å². The molecule has 0 bridgehead atoms. The fourth-order valence-corrected chi connectivity index (χ4v) is 4.62. The molecule has 2 heterocycles. The highest BCUT2D eigenvalue weighted by molar-refractivity contribution is 7.91. The summed E-state index contributed by atoms with van der Waals surface area (Å²) in [5.41, 5.74) is 0.727. The Morgan fingerprint density at radius 2 is 2.05 bits per heavy atom. The van der Waals surface area contributed by atoms with Gasteiger partial charge in [0, 0.05) is 26.1 Å². The predicted octanol–water partition coefficient (Wildman–Crippen LogP) is 0.130. The van der Waals surface area contributed by atoms with Crippen LogP contribution in [0, 0.1) is 0 Å². The molecular weight excluding hydrogens is 318 g/mol. The van der Waals surface area contributed by atoms with E-state index in [2.05, 4.69) is 9.71 Å². The van der Waals surface area contributed by atoms with Crippen molar-refractivity contribution in [3.8, 4) is 0 Å². The van der Waals surface area contributed by atoms with Crippen molar-refractivity contribution in [2.45, 2.75) is 30.0 Å². The van der Waals surface area contributed by atoms with E-state index in [0.29, 0.717) is 25.9 Å². The number of hydrogen-bond donors (Lipinski definition) is 2. The van der Waals surface area contributed by atoms with E-state index in [0.717, 1.165) is 11.3 Å². The Labute approximate surface area is 125 Å². The highest BCUT2D eigenvalue weighted by atomic mass is 32.2. The molecule has 1 aliphatic rings. The molecule has 0 unspecified atom stereocenters. The zero-order chi connectivity index (χ0) is 15.6. The molecule has 8 nitrogen and oxygen atoms in total. The van der Waals surface area contributed by atoms with Gasteiger partial charge in [-0.25, -0.2) is 22.9 Å². The number of piperidine rings is 1. The molecule has 0 spiro atoms. The fraction of sp³-hybridized carbons (Fsp3) is 0.545. The number of likely N-dealkylation sites (tertiary alicyclic amines) is 1. The third kappa shape index (κ3) is 3.57. The summed E-state index contributed by atoms with van der Waals surface area (Å²) >= 11 is 0.772. The van der Waals surface area contributed by atoms with Crippen LogP contribution in [-0.2, 0) is 14.8 Å². The largest absolute Gasteiger partial charge is 0.476 e. The summed E-state index contributed by atoms with van der Waals surface area (Å²) < 4.78 is 26.6. The number of sulfonamides is 1. The van der Waals surface area contributed by atoms with Crippen LogP contribution in [0.3, 0.4) is 0 Å². The number of rotatable bonds is 4. The highest BCUT2D eigenvalue weighted by Crippen LogP contribution is 2.21. The number of thiazole rings is 1. The highest BCUT2D eigenvalue weighted by Gasteiger charge is 2.30. The third-order valence-electron chi connectivity index (χ3n) is 3.24. The molecular formula is C11H15N3O5S2. The van der Waals surface area contributed by atoms with Crippen LogP contribution in [0.5, 0.6) is 0 Å². The molecule has 10 heteroatoms. The maximum Gasteiger partial charge on any atom is 0.356 e. The smallest absolute Gasteiger partial charge is 0.356 e. The number of nitrogens with zero attached hydrogens (tertiary/aromatic N) is 2. The third-order valence-corrected chi connectivity index (χ3v) is 6.13. The summed E-state index contributed by atoms with van der Waals surface area (Å²) in [4.78, 5) is 27.4. The Morgan fingerprint density at radius 3 is 2.57 bits per heavy atom. The molecule has 0 aliphatic carbocycles. The minimum Gasteiger partial charge on any atom is -0.476 e.